The number of carbonyl (C=O) groups excluding carboxylic acids is 2. The normalized spacial score (nSPS) is 13.5. The summed E-state index contributed by atoms with van der Waals surface area (Å²) in [6.45, 7) is 21.3. The van der Waals surface area contributed by atoms with Gasteiger partial charge in [0, 0.05) is 41.8 Å². The lowest BCUT2D eigenvalue weighted by Gasteiger charge is -2.21. The molecule has 0 aliphatic rings. The van der Waals surface area contributed by atoms with Crippen molar-refractivity contribution < 1.29 is 14.3 Å². The summed E-state index contributed by atoms with van der Waals surface area (Å²) in [5.41, 5.74) is 6.60. The van der Waals surface area contributed by atoms with E-state index in [0.717, 1.165) is 35.1 Å². The van der Waals surface area contributed by atoms with Gasteiger partial charge in [-0.1, -0.05) is 79.2 Å². The second-order valence-electron chi connectivity index (χ2n) is 13.9. The van der Waals surface area contributed by atoms with Gasteiger partial charge >= 0.3 is 0 Å². The summed E-state index contributed by atoms with van der Waals surface area (Å²) in [4.78, 5) is 30.9. The van der Waals surface area contributed by atoms with Crippen LogP contribution in [0.1, 0.15) is 119 Å². The molecule has 0 radical (unpaired) electrons. The number of methoxy groups -OCH3 is 1. The van der Waals surface area contributed by atoms with Crippen LogP contribution >= 0.6 is 0 Å². The summed E-state index contributed by atoms with van der Waals surface area (Å²) < 4.78 is 5.15. The van der Waals surface area contributed by atoms with Crippen LogP contribution in [0.25, 0.3) is 5.57 Å². The quantitative estimate of drug-likeness (QED) is 0.125. The number of hydrogen-bond donors (Lipinski definition) is 3. The van der Waals surface area contributed by atoms with E-state index in [0.29, 0.717) is 41.3 Å². The number of nitrogens with one attached hydrogen (secondary N) is 3. The molecule has 0 fully saturated rings. The van der Waals surface area contributed by atoms with Crippen LogP contribution in [0.15, 0.2) is 77.0 Å². The molecule has 0 aliphatic heterocycles. The zero-order valence-corrected chi connectivity index (χ0v) is 29.8. The molecule has 46 heavy (non-hydrogen) atoms. The van der Waals surface area contributed by atoms with Crippen molar-refractivity contribution in [2.24, 2.45) is 10.4 Å². The predicted octanol–water partition coefficient (Wildman–Crippen LogP) is 8.66. The Morgan fingerprint density at radius 1 is 0.913 bits per heavy atom. The zero-order chi connectivity index (χ0) is 34.7. The fourth-order valence-electron chi connectivity index (χ4n) is 4.52. The highest BCUT2D eigenvalue weighted by Gasteiger charge is 2.20. The monoisotopic (exact) mass is 626 g/mol. The number of amides is 2. The van der Waals surface area contributed by atoms with E-state index in [1.54, 1.807) is 13.2 Å². The molecule has 2 aromatic carbocycles. The largest absolute Gasteiger partial charge is 0.379 e. The summed E-state index contributed by atoms with van der Waals surface area (Å²) in [5.74, 6) is -0.297. The number of amidine groups is 1. The van der Waals surface area contributed by atoms with E-state index in [4.69, 9.17) is 10.1 Å². The number of carbonyl (C=O) groups is 2. The number of unbranched alkanes of at least 4 members (excludes halogenated alkanes) is 1. The van der Waals surface area contributed by atoms with Gasteiger partial charge in [0.15, 0.2) is 5.84 Å². The molecule has 0 heterocycles. The van der Waals surface area contributed by atoms with E-state index in [2.05, 4.69) is 77.1 Å². The van der Waals surface area contributed by atoms with Gasteiger partial charge in [-0.15, -0.1) is 0 Å². The first-order chi connectivity index (χ1) is 21.5. The van der Waals surface area contributed by atoms with Crippen molar-refractivity contribution in [1.29, 1.82) is 5.41 Å². The van der Waals surface area contributed by atoms with Gasteiger partial charge in [-0.05, 0) is 96.7 Å². The van der Waals surface area contributed by atoms with Crippen LogP contribution in [-0.2, 0) is 10.2 Å². The molecule has 7 heteroatoms. The van der Waals surface area contributed by atoms with E-state index in [1.807, 2.05) is 62.4 Å². The van der Waals surface area contributed by atoms with Gasteiger partial charge in [0.05, 0.1) is 6.61 Å². The minimum atomic E-state index is -0.275. The van der Waals surface area contributed by atoms with Crippen molar-refractivity contribution in [1.82, 2.24) is 10.6 Å². The second kappa shape index (κ2) is 17.0. The Morgan fingerprint density at radius 2 is 1.52 bits per heavy atom. The molecule has 0 atom stereocenters. The third-order valence-corrected chi connectivity index (χ3v) is 7.26. The number of benzene rings is 2. The molecule has 2 rings (SSSR count). The molecular weight excluding hydrogens is 572 g/mol. The van der Waals surface area contributed by atoms with Gasteiger partial charge in [-0.25, -0.2) is 4.99 Å². The molecule has 248 valence electrons. The summed E-state index contributed by atoms with van der Waals surface area (Å²) in [7, 11) is 1.59. The SMILES string of the molecule is C\C=C(/C=C(\C(C)=C\CCC)c1ccc(C(=O)NCC(C)(C)C)cc1)NC(=O)c1cc(C(=N)N=C(C)COC)cc(C(C)(C)C)c1. The molecule has 2 amide bonds. The molecule has 0 aromatic heterocycles. The van der Waals surface area contributed by atoms with Gasteiger partial charge in [-0.2, -0.15) is 0 Å². The summed E-state index contributed by atoms with van der Waals surface area (Å²) in [6, 6.07) is 13.1. The molecule has 0 spiro atoms. The first-order valence-electron chi connectivity index (χ1n) is 16.0. The Balaban J connectivity index is 2.49. The van der Waals surface area contributed by atoms with Crippen molar-refractivity contribution in [2.75, 3.05) is 20.3 Å². The highest BCUT2D eigenvalue weighted by atomic mass is 16.5. The number of rotatable bonds is 12. The molecule has 0 unspecified atom stereocenters. The maximum atomic E-state index is 13.7. The maximum absolute atomic E-state index is 13.7. The third kappa shape index (κ3) is 12.0. The Labute approximate surface area is 276 Å². The maximum Gasteiger partial charge on any atom is 0.255 e. The molecule has 2 aromatic rings. The number of nitrogens with zero attached hydrogens (tertiary/aromatic N) is 1. The fraction of sp³-hybridized carbons (Fsp3) is 0.436. The topological polar surface area (TPSA) is 104 Å². The summed E-state index contributed by atoms with van der Waals surface area (Å²) in [6.07, 6.45) is 7.98. The second-order valence-corrected chi connectivity index (χ2v) is 13.9. The molecule has 0 bridgehead atoms. The average Bonchev–Trinajstić information content (AvgIpc) is 2.99. The van der Waals surface area contributed by atoms with Crippen LogP contribution < -0.4 is 10.6 Å². The Bertz CT molecular complexity index is 1510. The summed E-state index contributed by atoms with van der Waals surface area (Å²) >= 11 is 0. The van der Waals surface area contributed by atoms with Crippen LogP contribution in [-0.4, -0.2) is 43.6 Å². The van der Waals surface area contributed by atoms with Crippen LogP contribution in [0.5, 0.6) is 0 Å². The Morgan fingerprint density at radius 3 is 2.07 bits per heavy atom. The lowest BCUT2D eigenvalue weighted by atomic mass is 9.84. The standard InChI is InChI=1S/C39H54N4O3/c1-12-14-15-26(3)34(28-16-18-29(19-17-28)36(44)41-25-38(5,6)7)23-33(13-2)43-37(45)31-20-30(21-32(22-31)39(8,9)10)35(40)42-27(4)24-46-11/h13,15-23,40H,12,14,24-25H2,1-11H3,(H,41,44)(H,43,45)/b26-15+,33-13+,34-23+,40-35?,42-27?. The molecule has 7 nitrogen and oxygen atoms in total. The molecular formula is C39H54N4O3. The van der Waals surface area contributed by atoms with Crippen molar-refractivity contribution in [3.63, 3.8) is 0 Å². The van der Waals surface area contributed by atoms with Crippen LogP contribution in [0.2, 0.25) is 0 Å². The lowest BCUT2D eigenvalue weighted by molar-refractivity contribution is 0.0937. The number of allylic oxidation sites excluding steroid dienone is 5. The van der Waals surface area contributed by atoms with E-state index in [-0.39, 0.29) is 28.5 Å². The number of hydrogen-bond acceptors (Lipinski definition) is 4. The van der Waals surface area contributed by atoms with Gasteiger partial charge in [0.25, 0.3) is 11.8 Å². The number of ether oxygens (including phenoxy) is 1. The smallest absolute Gasteiger partial charge is 0.255 e. The molecule has 0 saturated heterocycles. The lowest BCUT2D eigenvalue weighted by Crippen LogP contribution is -2.32. The molecule has 0 aliphatic carbocycles. The predicted molar refractivity (Wildman–Crippen MR) is 193 cm³/mol. The van der Waals surface area contributed by atoms with Crippen molar-refractivity contribution in [2.45, 2.75) is 87.5 Å². The zero-order valence-electron chi connectivity index (χ0n) is 29.8. The Hall–Kier alpha value is -4.10. The van der Waals surface area contributed by atoms with Crippen molar-refractivity contribution in [3.8, 4) is 0 Å². The number of aliphatic imine (C=N–C) groups is 1. The highest BCUT2D eigenvalue weighted by Crippen LogP contribution is 2.27. The third-order valence-electron chi connectivity index (χ3n) is 7.26. The van der Waals surface area contributed by atoms with Gasteiger partial charge < -0.3 is 15.4 Å². The van der Waals surface area contributed by atoms with Gasteiger partial charge in [-0.3, -0.25) is 15.0 Å². The Kier molecular flexibility index (Phi) is 14.1. The minimum absolute atomic E-state index is 0.00552. The molecule has 3 N–H and O–H groups in total. The molecule has 0 saturated carbocycles. The van der Waals surface area contributed by atoms with E-state index < -0.39 is 0 Å². The van der Waals surface area contributed by atoms with E-state index in [9.17, 15) is 9.59 Å². The average molecular weight is 627 g/mol. The van der Waals surface area contributed by atoms with E-state index >= 15 is 0 Å². The van der Waals surface area contributed by atoms with Crippen molar-refractivity contribution >= 4 is 28.9 Å². The fourth-order valence-corrected chi connectivity index (χ4v) is 4.52. The minimum Gasteiger partial charge on any atom is -0.379 e. The van der Waals surface area contributed by atoms with Gasteiger partial charge in [0.2, 0.25) is 0 Å². The summed E-state index contributed by atoms with van der Waals surface area (Å²) in [5, 5.41) is 14.7. The van der Waals surface area contributed by atoms with Crippen LogP contribution in [0, 0.1) is 10.8 Å². The van der Waals surface area contributed by atoms with Crippen LogP contribution in [0.4, 0.5) is 0 Å². The van der Waals surface area contributed by atoms with Crippen LogP contribution in [0.3, 0.4) is 0 Å². The van der Waals surface area contributed by atoms with E-state index in [1.165, 1.54) is 0 Å². The first kappa shape index (κ1) is 38.1. The first-order valence-corrected chi connectivity index (χ1v) is 16.0. The van der Waals surface area contributed by atoms with Gasteiger partial charge in [0.1, 0.15) is 0 Å². The highest BCUT2D eigenvalue weighted by molar-refractivity contribution is 6.07. The van der Waals surface area contributed by atoms with Crippen molar-refractivity contribution in [3.05, 3.63) is 99.8 Å².